The summed E-state index contributed by atoms with van der Waals surface area (Å²) in [6, 6.07) is 8.05. The summed E-state index contributed by atoms with van der Waals surface area (Å²) in [7, 11) is 1.78. The smallest absolute Gasteiger partial charge is 0.277 e. The van der Waals surface area contributed by atoms with E-state index in [1.165, 1.54) is 16.9 Å². The molecule has 1 aromatic heterocycles. The lowest BCUT2D eigenvalue weighted by Gasteiger charge is -2.18. The van der Waals surface area contributed by atoms with E-state index in [2.05, 4.69) is 31.0 Å². The van der Waals surface area contributed by atoms with E-state index in [1.54, 1.807) is 17.3 Å². The molecule has 1 heterocycles. The Balaban J connectivity index is 0.00000242. The summed E-state index contributed by atoms with van der Waals surface area (Å²) in [5, 5.41) is 2.71. The van der Waals surface area contributed by atoms with Gasteiger partial charge in [0.1, 0.15) is 5.69 Å². The normalized spacial score (nSPS) is 10.4. The second-order valence-electron chi connectivity index (χ2n) is 5.28. The Morgan fingerprint density at radius 1 is 1.41 bits per heavy atom. The summed E-state index contributed by atoms with van der Waals surface area (Å²) >= 11 is 1.48. The van der Waals surface area contributed by atoms with E-state index >= 15 is 0 Å². The molecule has 2 N–H and O–H groups in total. The van der Waals surface area contributed by atoms with Gasteiger partial charge in [0.25, 0.3) is 5.91 Å². The number of carbonyl (C=O) groups excluding carboxylic acids is 1. The first-order chi connectivity index (χ1) is 10.0. The SMILES string of the molecule is CC(C)c1cccc(N(C)C(=O)c2csc(CCN)n2)c1.Cl. The third-order valence-electron chi connectivity index (χ3n) is 3.36. The molecule has 2 aromatic rings. The lowest BCUT2D eigenvalue weighted by molar-refractivity contribution is 0.0988. The van der Waals surface area contributed by atoms with Crippen LogP contribution in [0.25, 0.3) is 0 Å². The number of aromatic nitrogens is 1. The van der Waals surface area contributed by atoms with Crippen molar-refractivity contribution in [1.29, 1.82) is 0 Å². The summed E-state index contributed by atoms with van der Waals surface area (Å²) in [5.74, 6) is 0.347. The van der Waals surface area contributed by atoms with Gasteiger partial charge in [-0.25, -0.2) is 4.98 Å². The van der Waals surface area contributed by atoms with Crippen molar-refractivity contribution in [2.75, 3.05) is 18.5 Å². The van der Waals surface area contributed by atoms with Gasteiger partial charge in [-0.1, -0.05) is 26.0 Å². The fraction of sp³-hybridized carbons (Fsp3) is 0.375. The zero-order chi connectivity index (χ0) is 15.4. The lowest BCUT2D eigenvalue weighted by Crippen LogP contribution is -2.26. The van der Waals surface area contributed by atoms with Crippen LogP contribution >= 0.6 is 23.7 Å². The van der Waals surface area contributed by atoms with E-state index in [-0.39, 0.29) is 18.3 Å². The average molecular weight is 340 g/mol. The molecule has 4 nitrogen and oxygen atoms in total. The van der Waals surface area contributed by atoms with Gasteiger partial charge < -0.3 is 10.6 Å². The molecular formula is C16H22ClN3OS. The van der Waals surface area contributed by atoms with Gasteiger partial charge in [-0.3, -0.25) is 4.79 Å². The number of amides is 1. The monoisotopic (exact) mass is 339 g/mol. The Bertz CT molecular complexity index is 627. The Hall–Kier alpha value is -1.43. The minimum Gasteiger partial charge on any atom is -0.330 e. The van der Waals surface area contributed by atoms with Crippen LogP contribution in [0, 0.1) is 0 Å². The Labute approximate surface area is 141 Å². The fourth-order valence-corrected chi connectivity index (χ4v) is 2.82. The molecule has 0 aliphatic heterocycles. The van der Waals surface area contributed by atoms with Gasteiger partial charge in [-0.15, -0.1) is 23.7 Å². The molecule has 0 aliphatic rings. The zero-order valence-electron chi connectivity index (χ0n) is 13.1. The highest BCUT2D eigenvalue weighted by atomic mass is 35.5. The zero-order valence-corrected chi connectivity index (χ0v) is 14.7. The van der Waals surface area contributed by atoms with Crippen LogP contribution in [0.5, 0.6) is 0 Å². The van der Waals surface area contributed by atoms with Gasteiger partial charge in [0.05, 0.1) is 5.01 Å². The van der Waals surface area contributed by atoms with E-state index in [0.717, 1.165) is 10.7 Å². The lowest BCUT2D eigenvalue weighted by atomic mass is 10.0. The Morgan fingerprint density at radius 3 is 2.77 bits per heavy atom. The first kappa shape index (κ1) is 18.6. The van der Waals surface area contributed by atoms with E-state index in [1.807, 2.05) is 12.1 Å². The minimum atomic E-state index is -0.0876. The molecule has 0 saturated heterocycles. The van der Waals surface area contributed by atoms with Gasteiger partial charge in [0.15, 0.2) is 0 Å². The van der Waals surface area contributed by atoms with E-state index in [9.17, 15) is 4.79 Å². The molecule has 0 aliphatic carbocycles. The maximum Gasteiger partial charge on any atom is 0.277 e. The standard InChI is InChI=1S/C16H21N3OS.ClH/c1-11(2)12-5-4-6-13(9-12)19(3)16(20)14-10-21-15(18-14)7-8-17;/h4-6,9-11H,7-8,17H2,1-3H3;1H. The number of anilines is 1. The van der Waals surface area contributed by atoms with Crippen molar-refractivity contribution in [3.63, 3.8) is 0 Å². The minimum absolute atomic E-state index is 0. The highest BCUT2D eigenvalue weighted by Gasteiger charge is 2.17. The first-order valence-electron chi connectivity index (χ1n) is 7.05. The molecule has 6 heteroatoms. The molecule has 0 fully saturated rings. The van der Waals surface area contributed by atoms with Crippen LogP contribution in [0.1, 0.15) is 40.8 Å². The number of carbonyl (C=O) groups is 1. The number of nitrogens with zero attached hydrogens (tertiary/aromatic N) is 2. The van der Waals surface area contributed by atoms with Crippen LogP contribution in [-0.2, 0) is 6.42 Å². The number of hydrogen-bond donors (Lipinski definition) is 1. The predicted octanol–water partition coefficient (Wildman–Crippen LogP) is 3.47. The molecule has 22 heavy (non-hydrogen) atoms. The molecule has 2 rings (SSSR count). The largest absolute Gasteiger partial charge is 0.330 e. The maximum absolute atomic E-state index is 12.5. The third kappa shape index (κ3) is 4.29. The molecule has 0 bridgehead atoms. The van der Waals surface area contributed by atoms with Crippen molar-refractivity contribution in [2.45, 2.75) is 26.2 Å². The van der Waals surface area contributed by atoms with Crippen LogP contribution in [-0.4, -0.2) is 24.5 Å². The van der Waals surface area contributed by atoms with Crippen molar-refractivity contribution in [2.24, 2.45) is 5.73 Å². The summed E-state index contributed by atoms with van der Waals surface area (Å²) < 4.78 is 0. The van der Waals surface area contributed by atoms with Crippen molar-refractivity contribution in [1.82, 2.24) is 4.98 Å². The van der Waals surface area contributed by atoms with Crippen LogP contribution in [0.15, 0.2) is 29.6 Å². The molecule has 1 aromatic carbocycles. The number of halogens is 1. The maximum atomic E-state index is 12.5. The molecule has 0 radical (unpaired) electrons. The average Bonchev–Trinajstić information content (AvgIpc) is 2.95. The number of rotatable bonds is 5. The quantitative estimate of drug-likeness (QED) is 0.907. The summed E-state index contributed by atoms with van der Waals surface area (Å²) in [6.45, 7) is 4.83. The van der Waals surface area contributed by atoms with Gasteiger partial charge in [-0.05, 0) is 30.2 Å². The van der Waals surface area contributed by atoms with Crippen molar-refractivity contribution in [3.8, 4) is 0 Å². The molecule has 120 valence electrons. The van der Waals surface area contributed by atoms with E-state index < -0.39 is 0 Å². The topological polar surface area (TPSA) is 59.2 Å². The highest BCUT2D eigenvalue weighted by Crippen LogP contribution is 2.22. The highest BCUT2D eigenvalue weighted by molar-refractivity contribution is 7.09. The third-order valence-corrected chi connectivity index (χ3v) is 4.27. The predicted molar refractivity (Wildman–Crippen MR) is 95.4 cm³/mol. The number of hydrogen-bond acceptors (Lipinski definition) is 4. The molecule has 0 atom stereocenters. The molecule has 0 saturated carbocycles. The summed E-state index contributed by atoms with van der Waals surface area (Å²) in [5.41, 5.74) is 8.11. The number of benzene rings is 1. The fourth-order valence-electron chi connectivity index (χ4n) is 2.03. The molecular weight excluding hydrogens is 318 g/mol. The van der Waals surface area contributed by atoms with E-state index in [4.69, 9.17) is 5.73 Å². The van der Waals surface area contributed by atoms with Crippen LogP contribution in [0.4, 0.5) is 5.69 Å². The van der Waals surface area contributed by atoms with E-state index in [0.29, 0.717) is 24.6 Å². The van der Waals surface area contributed by atoms with Crippen molar-refractivity contribution in [3.05, 3.63) is 45.9 Å². The van der Waals surface area contributed by atoms with Gasteiger partial charge in [0, 0.05) is 24.5 Å². The summed E-state index contributed by atoms with van der Waals surface area (Å²) in [6.07, 6.45) is 0.713. The van der Waals surface area contributed by atoms with Crippen LogP contribution in [0.2, 0.25) is 0 Å². The summed E-state index contributed by atoms with van der Waals surface area (Å²) in [4.78, 5) is 18.5. The van der Waals surface area contributed by atoms with Gasteiger partial charge in [-0.2, -0.15) is 0 Å². The second kappa shape index (κ2) is 8.27. The van der Waals surface area contributed by atoms with Gasteiger partial charge >= 0.3 is 0 Å². The van der Waals surface area contributed by atoms with Gasteiger partial charge in [0.2, 0.25) is 0 Å². The number of thiazole rings is 1. The molecule has 0 spiro atoms. The number of nitrogens with two attached hydrogens (primary N) is 1. The van der Waals surface area contributed by atoms with Crippen molar-refractivity contribution >= 4 is 35.3 Å². The van der Waals surface area contributed by atoms with Crippen LogP contribution in [0.3, 0.4) is 0 Å². The molecule has 1 amide bonds. The Morgan fingerprint density at radius 2 is 2.14 bits per heavy atom. The van der Waals surface area contributed by atoms with Crippen LogP contribution < -0.4 is 10.6 Å². The second-order valence-corrected chi connectivity index (χ2v) is 6.22. The van der Waals surface area contributed by atoms with Crippen molar-refractivity contribution < 1.29 is 4.79 Å². The molecule has 0 unspecified atom stereocenters. The Kier molecular flexibility index (Phi) is 7.00. The first-order valence-corrected chi connectivity index (χ1v) is 7.93.